The molecular formula is C24H54NO4P. The molecule has 0 radical (unpaired) electrons. The fourth-order valence-corrected chi connectivity index (χ4v) is 3.60. The number of phosphoric acid groups is 1. The van der Waals surface area contributed by atoms with Gasteiger partial charge in [-0.3, -0.25) is 0 Å². The van der Waals surface area contributed by atoms with Crippen molar-refractivity contribution in [3.05, 3.63) is 0 Å². The van der Waals surface area contributed by atoms with Gasteiger partial charge in [0.15, 0.2) is 0 Å². The summed E-state index contributed by atoms with van der Waals surface area (Å²) >= 11 is 0. The second-order valence-corrected chi connectivity index (χ2v) is 10.2. The van der Waals surface area contributed by atoms with E-state index in [-0.39, 0.29) is 0 Å². The Morgan fingerprint density at radius 2 is 0.933 bits per heavy atom. The molecule has 0 aliphatic heterocycles. The van der Waals surface area contributed by atoms with Crippen molar-refractivity contribution in [1.82, 2.24) is 4.90 Å². The highest BCUT2D eigenvalue weighted by atomic mass is 31.2. The van der Waals surface area contributed by atoms with Crippen molar-refractivity contribution in [3.63, 3.8) is 0 Å². The molecule has 0 atom stereocenters. The normalized spacial score (nSPS) is 11.8. The average Bonchev–Trinajstić information content (AvgIpc) is 2.65. The highest BCUT2D eigenvalue weighted by Crippen LogP contribution is 2.25. The molecule has 0 rings (SSSR count). The van der Waals surface area contributed by atoms with Crippen LogP contribution in [0.3, 0.4) is 0 Å². The Hall–Kier alpha value is 0.0700. The average molecular weight is 452 g/mol. The van der Waals surface area contributed by atoms with E-state index in [4.69, 9.17) is 19.2 Å². The van der Waals surface area contributed by atoms with Gasteiger partial charge >= 0.3 is 7.82 Å². The second kappa shape index (κ2) is 23.7. The van der Waals surface area contributed by atoms with Crippen LogP contribution in [0.2, 0.25) is 0 Å². The van der Waals surface area contributed by atoms with E-state index in [2.05, 4.69) is 32.6 Å². The summed E-state index contributed by atoms with van der Waals surface area (Å²) in [5.41, 5.74) is 0. The van der Waals surface area contributed by atoms with E-state index in [1.165, 1.54) is 122 Å². The first kappa shape index (κ1) is 32.3. The van der Waals surface area contributed by atoms with Crippen molar-refractivity contribution in [2.75, 3.05) is 19.6 Å². The van der Waals surface area contributed by atoms with Gasteiger partial charge in [0.2, 0.25) is 0 Å². The topological polar surface area (TPSA) is 81.0 Å². The Labute approximate surface area is 188 Å². The number of unbranched alkanes of at least 4 members (excludes halogenated alkanes) is 12. The van der Waals surface area contributed by atoms with Crippen LogP contribution in [0.4, 0.5) is 0 Å². The molecule has 0 heterocycles. The van der Waals surface area contributed by atoms with Gasteiger partial charge in [0.1, 0.15) is 0 Å². The fraction of sp³-hybridized carbons (Fsp3) is 1.00. The molecule has 0 fully saturated rings. The minimum absolute atomic E-state index is 0.878. The number of hydrogen-bond donors (Lipinski definition) is 3. The summed E-state index contributed by atoms with van der Waals surface area (Å²) in [5, 5.41) is 0. The highest BCUT2D eigenvalue weighted by Gasteiger charge is 2.04. The smallest absolute Gasteiger partial charge is 0.303 e. The summed E-state index contributed by atoms with van der Waals surface area (Å²) in [6, 6.07) is 0. The molecule has 0 bridgehead atoms. The minimum atomic E-state index is -4.64. The van der Waals surface area contributed by atoms with Crippen molar-refractivity contribution >= 4 is 7.82 Å². The predicted molar refractivity (Wildman–Crippen MR) is 131 cm³/mol. The fourth-order valence-electron chi connectivity index (χ4n) is 3.60. The van der Waals surface area contributed by atoms with Crippen LogP contribution in [0.25, 0.3) is 0 Å². The van der Waals surface area contributed by atoms with Gasteiger partial charge in [0, 0.05) is 0 Å². The largest absolute Gasteiger partial charge is 0.466 e. The maximum absolute atomic E-state index is 8.88. The lowest BCUT2D eigenvalue weighted by molar-refractivity contribution is 0.256. The first-order chi connectivity index (χ1) is 14.2. The van der Waals surface area contributed by atoms with Crippen LogP contribution in [-0.4, -0.2) is 39.2 Å². The minimum Gasteiger partial charge on any atom is -0.303 e. The molecular weight excluding hydrogens is 397 g/mol. The molecule has 0 saturated heterocycles. The lowest BCUT2D eigenvalue weighted by Gasteiger charge is -2.22. The maximum atomic E-state index is 8.88. The van der Waals surface area contributed by atoms with Crippen LogP contribution in [0.1, 0.15) is 130 Å². The molecule has 0 amide bonds. The Morgan fingerprint density at radius 3 is 1.33 bits per heavy atom. The zero-order valence-electron chi connectivity index (χ0n) is 20.7. The molecule has 0 spiro atoms. The third kappa shape index (κ3) is 35.5. The molecule has 0 aliphatic carbocycles. The van der Waals surface area contributed by atoms with E-state index in [0.717, 1.165) is 5.92 Å². The molecule has 3 N–H and O–H groups in total. The summed E-state index contributed by atoms with van der Waals surface area (Å²) in [5.74, 6) is 0.878. The molecule has 0 unspecified atom stereocenters. The van der Waals surface area contributed by atoms with E-state index < -0.39 is 7.82 Å². The van der Waals surface area contributed by atoms with Gasteiger partial charge in [-0.1, -0.05) is 111 Å². The number of rotatable bonds is 20. The summed E-state index contributed by atoms with van der Waals surface area (Å²) in [7, 11) is -4.64. The van der Waals surface area contributed by atoms with Crippen molar-refractivity contribution in [2.24, 2.45) is 5.92 Å². The molecule has 5 nitrogen and oxygen atoms in total. The lowest BCUT2D eigenvalue weighted by atomic mass is 10.0. The van der Waals surface area contributed by atoms with E-state index in [9.17, 15) is 0 Å². The summed E-state index contributed by atoms with van der Waals surface area (Å²) in [6.45, 7) is 13.3. The van der Waals surface area contributed by atoms with Crippen LogP contribution in [0.5, 0.6) is 0 Å². The molecule has 0 saturated carbocycles. The summed E-state index contributed by atoms with van der Waals surface area (Å²) in [4.78, 5) is 24.3. The van der Waals surface area contributed by atoms with Crippen LogP contribution >= 0.6 is 7.82 Å². The molecule has 0 aromatic heterocycles. The van der Waals surface area contributed by atoms with E-state index in [1.54, 1.807) is 0 Å². The summed E-state index contributed by atoms with van der Waals surface area (Å²) in [6.07, 6.45) is 22.9. The van der Waals surface area contributed by atoms with E-state index >= 15 is 0 Å². The van der Waals surface area contributed by atoms with E-state index in [0.29, 0.717) is 0 Å². The molecule has 6 heteroatoms. The second-order valence-electron chi connectivity index (χ2n) is 9.13. The van der Waals surface area contributed by atoms with Crippen LogP contribution in [0, 0.1) is 5.92 Å². The first-order valence-corrected chi connectivity index (χ1v) is 14.3. The van der Waals surface area contributed by atoms with Crippen LogP contribution < -0.4 is 0 Å². The zero-order chi connectivity index (χ0) is 23.1. The molecule has 184 valence electrons. The van der Waals surface area contributed by atoms with Gasteiger partial charge in [0.05, 0.1) is 0 Å². The van der Waals surface area contributed by atoms with Gasteiger partial charge in [-0.2, -0.15) is 0 Å². The van der Waals surface area contributed by atoms with Crippen molar-refractivity contribution < 1.29 is 19.2 Å². The standard InChI is InChI=1S/C24H51N.H3O4P/c1-5-7-9-10-11-12-13-14-15-18-22-25(21-8-6-2)23-19-16-17-20-24(3)4;1-5(2,3)4/h24H,5-23H2,1-4H3;(H3,1,2,3,4). The highest BCUT2D eigenvalue weighted by molar-refractivity contribution is 7.45. The Balaban J connectivity index is 0. The zero-order valence-corrected chi connectivity index (χ0v) is 21.6. The SMILES string of the molecule is CCCCCCCCCCCCN(CCCC)CCCCCC(C)C.O=P(O)(O)O. The lowest BCUT2D eigenvalue weighted by Crippen LogP contribution is -2.27. The van der Waals surface area contributed by atoms with Crippen molar-refractivity contribution in [2.45, 2.75) is 130 Å². The van der Waals surface area contributed by atoms with Gasteiger partial charge < -0.3 is 19.6 Å². The number of hydrogen-bond acceptors (Lipinski definition) is 2. The molecule has 30 heavy (non-hydrogen) atoms. The Bertz CT molecular complexity index is 366. The van der Waals surface area contributed by atoms with E-state index in [1.807, 2.05) is 0 Å². The Kier molecular flexibility index (Phi) is 25.5. The van der Waals surface area contributed by atoms with Gasteiger partial charge in [0.25, 0.3) is 0 Å². The third-order valence-corrected chi connectivity index (χ3v) is 5.41. The molecule has 0 aliphatic rings. The Morgan fingerprint density at radius 1 is 0.600 bits per heavy atom. The quantitative estimate of drug-likeness (QED) is 0.134. The maximum Gasteiger partial charge on any atom is 0.466 e. The summed E-state index contributed by atoms with van der Waals surface area (Å²) < 4.78 is 8.88. The van der Waals surface area contributed by atoms with Crippen molar-refractivity contribution in [1.29, 1.82) is 0 Å². The monoisotopic (exact) mass is 451 g/mol. The number of nitrogens with zero attached hydrogens (tertiary/aromatic N) is 1. The molecule has 0 aromatic carbocycles. The van der Waals surface area contributed by atoms with Crippen LogP contribution in [0.15, 0.2) is 0 Å². The predicted octanol–water partition coefficient (Wildman–Crippen LogP) is 7.30. The van der Waals surface area contributed by atoms with Crippen molar-refractivity contribution in [3.8, 4) is 0 Å². The van der Waals surface area contributed by atoms with Gasteiger partial charge in [-0.15, -0.1) is 0 Å². The third-order valence-electron chi connectivity index (χ3n) is 5.41. The van der Waals surface area contributed by atoms with Crippen LogP contribution in [-0.2, 0) is 4.57 Å². The molecule has 0 aromatic rings. The van der Waals surface area contributed by atoms with Gasteiger partial charge in [-0.25, -0.2) is 4.57 Å². The first-order valence-electron chi connectivity index (χ1n) is 12.7. The van der Waals surface area contributed by atoms with Gasteiger partial charge in [-0.05, 0) is 44.8 Å².